The van der Waals surface area contributed by atoms with Crippen molar-refractivity contribution < 1.29 is 13.9 Å². The van der Waals surface area contributed by atoms with E-state index in [-0.39, 0.29) is 10.6 Å². The van der Waals surface area contributed by atoms with Crippen LogP contribution in [0, 0.1) is 17.7 Å². The molecular weight excluding hydrogens is 207 g/mol. The van der Waals surface area contributed by atoms with E-state index in [0.29, 0.717) is 0 Å². The highest BCUT2D eigenvalue weighted by Crippen LogP contribution is 2.13. The third kappa shape index (κ3) is 2.75. The van der Waals surface area contributed by atoms with Crippen molar-refractivity contribution in [2.45, 2.75) is 0 Å². The van der Waals surface area contributed by atoms with Crippen molar-refractivity contribution in [3.8, 4) is 11.8 Å². The molecule has 0 unspecified atom stereocenters. The highest BCUT2D eigenvalue weighted by Gasteiger charge is 1.99. The summed E-state index contributed by atoms with van der Waals surface area (Å²) in [5.41, 5.74) is 0.111. The van der Waals surface area contributed by atoms with Crippen LogP contribution in [0.3, 0.4) is 0 Å². The zero-order valence-electron chi connectivity index (χ0n) is 7.30. The Morgan fingerprint density at radius 2 is 2.29 bits per heavy atom. The molecule has 2 nitrogen and oxygen atoms in total. The van der Waals surface area contributed by atoms with Crippen LogP contribution in [0.15, 0.2) is 18.2 Å². The van der Waals surface area contributed by atoms with Crippen molar-refractivity contribution in [1.82, 2.24) is 0 Å². The topological polar surface area (TPSA) is 26.3 Å². The average Bonchev–Trinajstić information content (AvgIpc) is 2.16. The van der Waals surface area contributed by atoms with Crippen LogP contribution in [0.4, 0.5) is 4.39 Å². The summed E-state index contributed by atoms with van der Waals surface area (Å²) in [6, 6.07) is 4.02. The molecule has 0 radical (unpaired) electrons. The quantitative estimate of drug-likeness (QED) is 0.486. The van der Waals surface area contributed by atoms with Crippen LogP contribution in [0.25, 0.3) is 0 Å². The molecule has 1 rings (SSSR count). The molecule has 0 amide bonds. The zero-order valence-corrected chi connectivity index (χ0v) is 8.06. The molecule has 0 aliphatic rings. The first-order chi connectivity index (χ1) is 6.63. The summed E-state index contributed by atoms with van der Waals surface area (Å²) < 4.78 is 17.3. The third-order valence-electron chi connectivity index (χ3n) is 1.42. The van der Waals surface area contributed by atoms with Crippen molar-refractivity contribution in [2.75, 3.05) is 7.11 Å². The van der Waals surface area contributed by atoms with Crippen LogP contribution in [0.1, 0.15) is 5.56 Å². The fourth-order valence-electron chi connectivity index (χ4n) is 0.760. The van der Waals surface area contributed by atoms with Gasteiger partial charge in [-0.2, -0.15) is 0 Å². The summed E-state index contributed by atoms with van der Waals surface area (Å²) in [5, 5.41) is 0.283. The van der Waals surface area contributed by atoms with Crippen LogP contribution >= 0.6 is 11.6 Å². The molecule has 1 aromatic rings. The molecule has 14 heavy (non-hydrogen) atoms. The molecule has 0 spiro atoms. The van der Waals surface area contributed by atoms with Crippen molar-refractivity contribution in [3.63, 3.8) is 0 Å². The van der Waals surface area contributed by atoms with Gasteiger partial charge in [0.05, 0.1) is 12.7 Å². The normalized spacial score (nSPS) is 8.79. The van der Waals surface area contributed by atoms with Gasteiger partial charge in [0.15, 0.2) is 0 Å². The van der Waals surface area contributed by atoms with E-state index in [1.165, 1.54) is 19.2 Å². The molecule has 1 aromatic carbocycles. The van der Waals surface area contributed by atoms with Crippen molar-refractivity contribution in [2.24, 2.45) is 0 Å². The second kappa shape index (κ2) is 4.64. The Labute approximate surface area is 85.6 Å². The number of methoxy groups -OCH3 is 1. The smallest absolute Gasteiger partial charge is 0.384 e. The van der Waals surface area contributed by atoms with E-state index >= 15 is 0 Å². The van der Waals surface area contributed by atoms with Gasteiger partial charge < -0.3 is 4.74 Å². The molecule has 0 aliphatic carbocycles. The molecule has 0 atom stereocenters. The van der Waals surface area contributed by atoms with Gasteiger partial charge in [-0.05, 0) is 18.2 Å². The van der Waals surface area contributed by atoms with Crippen molar-refractivity contribution in [1.29, 1.82) is 0 Å². The largest absolute Gasteiger partial charge is 0.459 e. The SMILES string of the molecule is COC(=O)C#Cc1ccc(Cl)cc1F. The number of rotatable bonds is 0. The first kappa shape index (κ1) is 10.6. The Bertz CT molecular complexity index is 418. The fourth-order valence-corrected chi connectivity index (χ4v) is 0.919. The number of esters is 1. The lowest BCUT2D eigenvalue weighted by atomic mass is 10.2. The lowest BCUT2D eigenvalue weighted by Crippen LogP contribution is -1.95. The number of halogens is 2. The molecule has 4 heteroatoms. The lowest BCUT2D eigenvalue weighted by Gasteiger charge is -1.93. The number of carbonyl (C=O) groups is 1. The van der Waals surface area contributed by atoms with Gasteiger partial charge in [-0.25, -0.2) is 9.18 Å². The van der Waals surface area contributed by atoms with E-state index in [1.54, 1.807) is 0 Å². The summed E-state index contributed by atoms with van der Waals surface area (Å²) in [6.45, 7) is 0. The minimum atomic E-state index is -0.709. The second-order valence-electron chi connectivity index (χ2n) is 2.37. The highest BCUT2D eigenvalue weighted by molar-refractivity contribution is 6.30. The maximum atomic E-state index is 13.1. The zero-order chi connectivity index (χ0) is 10.6. The van der Waals surface area contributed by atoms with Crippen molar-refractivity contribution in [3.05, 3.63) is 34.6 Å². The molecule has 0 bridgehead atoms. The number of ether oxygens (including phenoxy) is 1. The Morgan fingerprint density at radius 3 is 2.86 bits per heavy atom. The Kier molecular flexibility index (Phi) is 3.49. The number of carbonyl (C=O) groups excluding carboxylic acids is 1. The minimum Gasteiger partial charge on any atom is -0.459 e. The lowest BCUT2D eigenvalue weighted by molar-refractivity contribution is -0.133. The van der Waals surface area contributed by atoms with Crippen LogP contribution in [0.5, 0.6) is 0 Å². The van der Waals surface area contributed by atoms with E-state index in [9.17, 15) is 9.18 Å². The first-order valence-corrected chi connectivity index (χ1v) is 4.06. The molecule has 72 valence electrons. The molecule has 0 saturated heterocycles. The van der Waals surface area contributed by atoms with Crippen molar-refractivity contribution >= 4 is 17.6 Å². The summed E-state index contributed by atoms with van der Waals surface area (Å²) >= 11 is 5.53. The van der Waals surface area contributed by atoms with E-state index < -0.39 is 11.8 Å². The number of benzene rings is 1. The first-order valence-electron chi connectivity index (χ1n) is 3.68. The van der Waals surface area contributed by atoms with Crippen LogP contribution in [-0.4, -0.2) is 13.1 Å². The number of hydrogen-bond acceptors (Lipinski definition) is 2. The molecule has 0 heterocycles. The highest BCUT2D eigenvalue weighted by atomic mass is 35.5. The van der Waals surface area contributed by atoms with Gasteiger partial charge in [-0.3, -0.25) is 0 Å². The van der Waals surface area contributed by atoms with Gasteiger partial charge in [0, 0.05) is 10.9 Å². The second-order valence-corrected chi connectivity index (χ2v) is 2.80. The molecular formula is C10H6ClFO2. The predicted octanol–water partition coefficient (Wildman–Crippen LogP) is 2.00. The van der Waals surface area contributed by atoms with Gasteiger partial charge in [0.25, 0.3) is 0 Å². The van der Waals surface area contributed by atoms with Crippen LogP contribution in [-0.2, 0) is 9.53 Å². The third-order valence-corrected chi connectivity index (χ3v) is 1.65. The maximum Gasteiger partial charge on any atom is 0.384 e. The Hall–Kier alpha value is -1.53. The average molecular weight is 213 g/mol. The predicted molar refractivity (Wildman–Crippen MR) is 50.3 cm³/mol. The Morgan fingerprint density at radius 1 is 1.57 bits per heavy atom. The maximum absolute atomic E-state index is 13.1. The molecule has 0 N–H and O–H groups in total. The van der Waals surface area contributed by atoms with Crippen LogP contribution in [0.2, 0.25) is 5.02 Å². The van der Waals surface area contributed by atoms with Gasteiger partial charge in [0.1, 0.15) is 5.82 Å². The molecule has 0 aromatic heterocycles. The van der Waals surface area contributed by atoms with Crippen LogP contribution < -0.4 is 0 Å². The van der Waals surface area contributed by atoms with E-state index in [0.717, 1.165) is 6.07 Å². The Balaban J connectivity index is 2.96. The molecule has 0 saturated carbocycles. The summed E-state index contributed by atoms with van der Waals surface area (Å²) in [4.78, 5) is 10.6. The standard InChI is InChI=1S/C10H6ClFO2/c1-14-10(13)5-3-7-2-4-8(11)6-9(7)12/h2,4,6H,1H3. The van der Waals surface area contributed by atoms with Gasteiger partial charge in [-0.1, -0.05) is 17.5 Å². The minimum absolute atomic E-state index is 0.111. The van der Waals surface area contributed by atoms with E-state index in [1.807, 2.05) is 0 Å². The monoisotopic (exact) mass is 212 g/mol. The summed E-state index contributed by atoms with van der Waals surface area (Å²) in [6.07, 6.45) is 0. The fraction of sp³-hybridized carbons (Fsp3) is 0.100. The summed E-state index contributed by atoms with van der Waals surface area (Å²) in [5.74, 6) is 3.18. The van der Waals surface area contributed by atoms with Gasteiger partial charge >= 0.3 is 5.97 Å². The van der Waals surface area contributed by atoms with Gasteiger partial charge in [-0.15, -0.1) is 0 Å². The molecule has 0 fully saturated rings. The summed E-state index contributed by atoms with van der Waals surface area (Å²) in [7, 11) is 1.20. The van der Waals surface area contributed by atoms with Gasteiger partial charge in [0.2, 0.25) is 0 Å². The number of hydrogen-bond donors (Lipinski definition) is 0. The van der Waals surface area contributed by atoms with E-state index in [2.05, 4.69) is 16.6 Å². The van der Waals surface area contributed by atoms with E-state index in [4.69, 9.17) is 11.6 Å². The molecule has 0 aliphatic heterocycles.